The van der Waals surface area contributed by atoms with Crippen LogP contribution in [0.25, 0.3) is 0 Å². The predicted molar refractivity (Wildman–Crippen MR) is 59.9 cm³/mol. The van der Waals surface area contributed by atoms with Crippen LogP contribution in [0.5, 0.6) is 23.0 Å². The minimum Gasteiger partial charge on any atom is -0.503 e. The van der Waals surface area contributed by atoms with E-state index in [1.54, 1.807) is 0 Å². The number of carboxylic acids is 2. The second kappa shape index (κ2) is 5.31. The third-order valence-corrected chi connectivity index (χ3v) is 2.29. The Labute approximate surface area is 106 Å². The van der Waals surface area contributed by atoms with Crippen molar-refractivity contribution in [2.45, 2.75) is 0 Å². The maximum Gasteiger partial charge on any atom is 0.343 e. The van der Waals surface area contributed by atoms with E-state index < -0.39 is 46.1 Å². The summed E-state index contributed by atoms with van der Waals surface area (Å²) in [5.74, 6) is -0.825. The van der Waals surface area contributed by atoms with E-state index in [9.17, 15) is 14.7 Å². The van der Waals surface area contributed by atoms with Gasteiger partial charge in [-0.3, -0.25) is 0 Å². The first-order chi connectivity index (χ1) is 8.90. The molecule has 0 saturated heterocycles. The van der Waals surface area contributed by atoms with Crippen LogP contribution >= 0.6 is 0 Å². The summed E-state index contributed by atoms with van der Waals surface area (Å²) >= 11 is 0. The number of ether oxygens (including phenoxy) is 2. The number of nitrogens with two attached hydrogens (primary N) is 1. The van der Waals surface area contributed by atoms with Crippen molar-refractivity contribution in [1.82, 2.24) is 0 Å². The average Bonchev–Trinajstić information content (AvgIpc) is 2.35. The van der Waals surface area contributed by atoms with E-state index >= 15 is 0 Å². The number of hydrogen-bond donors (Lipinski definition) is 4. The lowest BCUT2D eigenvalue weighted by molar-refractivity contribution is 0.0665. The summed E-state index contributed by atoms with van der Waals surface area (Å²) in [4.78, 5) is 26.5. The van der Waals surface area contributed by atoms with Gasteiger partial charge in [0.1, 0.15) is 0 Å². The lowest BCUT2D eigenvalue weighted by Crippen LogP contribution is -2.14. The number of hydrogen-bond acceptors (Lipinski definition) is 7. The zero-order valence-electron chi connectivity index (χ0n) is 9.96. The van der Waals surface area contributed by atoms with E-state index in [4.69, 9.17) is 25.6 Å². The van der Waals surface area contributed by atoms with Crippen LogP contribution < -0.4 is 20.2 Å². The highest BCUT2D eigenvalue weighted by atomic mass is 16.6. The van der Waals surface area contributed by atoms with Gasteiger partial charge in [0.25, 0.3) is 0 Å². The Balaban J connectivity index is 3.91. The molecule has 1 aromatic rings. The van der Waals surface area contributed by atoms with Gasteiger partial charge in [0.05, 0.1) is 14.2 Å². The molecule has 104 valence electrons. The van der Waals surface area contributed by atoms with Crippen molar-refractivity contribution in [2.24, 2.45) is 5.90 Å². The molecule has 0 saturated carbocycles. The standard InChI is InChI=1S/C10H11NO8/c1-17-7-3(9(13)14)5(12)6(19-11)4(10(15)16)8(7)18-2/h12H,11H2,1-2H3,(H,13,14)(H,15,16). The number of aromatic hydroxyl groups is 1. The molecule has 1 rings (SSSR count). The normalized spacial score (nSPS) is 9.84. The number of carbonyl (C=O) groups is 2. The summed E-state index contributed by atoms with van der Waals surface area (Å²) < 4.78 is 9.58. The summed E-state index contributed by atoms with van der Waals surface area (Å²) in [7, 11) is 2.20. The van der Waals surface area contributed by atoms with Gasteiger partial charge in [-0.15, -0.1) is 0 Å². The molecule has 5 N–H and O–H groups in total. The van der Waals surface area contributed by atoms with Gasteiger partial charge in [-0.25, -0.2) is 9.59 Å². The quantitative estimate of drug-likeness (QED) is 0.546. The van der Waals surface area contributed by atoms with Crippen LogP contribution in [0.2, 0.25) is 0 Å². The van der Waals surface area contributed by atoms with Gasteiger partial charge in [0, 0.05) is 0 Å². The fourth-order valence-corrected chi connectivity index (χ4v) is 1.57. The minimum absolute atomic E-state index is 0.425. The summed E-state index contributed by atoms with van der Waals surface area (Å²) in [5.41, 5.74) is -1.37. The van der Waals surface area contributed by atoms with Crippen molar-refractivity contribution in [1.29, 1.82) is 0 Å². The molecular weight excluding hydrogens is 262 g/mol. The smallest absolute Gasteiger partial charge is 0.343 e. The molecule has 0 bridgehead atoms. The highest BCUT2D eigenvalue weighted by Crippen LogP contribution is 2.47. The molecule has 1 aromatic carbocycles. The Morgan fingerprint density at radius 1 is 0.947 bits per heavy atom. The topological polar surface area (TPSA) is 149 Å². The van der Waals surface area contributed by atoms with Gasteiger partial charge in [-0.2, -0.15) is 5.90 Å². The van der Waals surface area contributed by atoms with Gasteiger partial charge >= 0.3 is 11.9 Å². The van der Waals surface area contributed by atoms with Crippen LogP contribution in [0, 0.1) is 0 Å². The van der Waals surface area contributed by atoms with E-state index in [0.717, 1.165) is 14.2 Å². The lowest BCUT2D eigenvalue weighted by Gasteiger charge is -2.17. The van der Waals surface area contributed by atoms with Gasteiger partial charge in [-0.1, -0.05) is 0 Å². The molecule has 0 heterocycles. The molecule has 0 aliphatic rings. The summed E-state index contributed by atoms with van der Waals surface area (Å²) in [6, 6.07) is 0. The van der Waals surface area contributed by atoms with Crippen LogP contribution in [-0.2, 0) is 0 Å². The Morgan fingerprint density at radius 2 is 1.37 bits per heavy atom. The largest absolute Gasteiger partial charge is 0.503 e. The first-order valence-electron chi connectivity index (χ1n) is 4.74. The van der Waals surface area contributed by atoms with Crippen molar-refractivity contribution in [3.63, 3.8) is 0 Å². The molecule has 0 aliphatic carbocycles. The van der Waals surface area contributed by atoms with Crippen LogP contribution in [-0.4, -0.2) is 41.5 Å². The van der Waals surface area contributed by atoms with Gasteiger partial charge in [0.15, 0.2) is 28.4 Å². The fourth-order valence-electron chi connectivity index (χ4n) is 1.57. The number of aromatic carboxylic acids is 2. The summed E-state index contributed by atoms with van der Waals surface area (Å²) in [6.07, 6.45) is 0. The van der Waals surface area contributed by atoms with Crippen LogP contribution in [0.3, 0.4) is 0 Å². The monoisotopic (exact) mass is 273 g/mol. The zero-order chi connectivity index (χ0) is 14.7. The lowest BCUT2D eigenvalue weighted by atomic mass is 10.1. The second-order valence-corrected chi connectivity index (χ2v) is 3.22. The van der Waals surface area contributed by atoms with Crippen LogP contribution in [0.4, 0.5) is 0 Å². The molecule has 9 nitrogen and oxygen atoms in total. The zero-order valence-corrected chi connectivity index (χ0v) is 9.96. The Bertz CT molecular complexity index is 539. The van der Waals surface area contributed by atoms with Crippen molar-refractivity contribution in [3.8, 4) is 23.0 Å². The maximum absolute atomic E-state index is 11.1. The second-order valence-electron chi connectivity index (χ2n) is 3.22. The number of benzene rings is 1. The Morgan fingerprint density at radius 3 is 1.68 bits per heavy atom. The molecule has 0 unspecified atom stereocenters. The number of carboxylic acid groups (broad SMARTS) is 2. The molecule has 0 aliphatic heterocycles. The van der Waals surface area contributed by atoms with Crippen molar-refractivity contribution in [2.75, 3.05) is 14.2 Å². The van der Waals surface area contributed by atoms with E-state index in [0.29, 0.717) is 0 Å². The van der Waals surface area contributed by atoms with Gasteiger partial charge in [-0.05, 0) is 0 Å². The van der Waals surface area contributed by atoms with E-state index in [2.05, 4.69) is 4.84 Å². The molecule has 9 heteroatoms. The molecule has 0 spiro atoms. The van der Waals surface area contributed by atoms with Crippen LogP contribution in [0.15, 0.2) is 0 Å². The van der Waals surface area contributed by atoms with Crippen molar-refractivity contribution in [3.05, 3.63) is 11.1 Å². The third-order valence-electron chi connectivity index (χ3n) is 2.29. The first-order valence-corrected chi connectivity index (χ1v) is 4.74. The van der Waals surface area contributed by atoms with E-state index in [-0.39, 0.29) is 0 Å². The van der Waals surface area contributed by atoms with Crippen molar-refractivity contribution >= 4 is 11.9 Å². The Hall–Kier alpha value is -2.68. The third kappa shape index (κ3) is 2.18. The molecule has 19 heavy (non-hydrogen) atoms. The van der Waals surface area contributed by atoms with Crippen molar-refractivity contribution < 1.29 is 39.2 Å². The Kier molecular flexibility index (Phi) is 4.02. The fraction of sp³-hybridized carbons (Fsp3) is 0.200. The molecule has 0 fully saturated rings. The highest BCUT2D eigenvalue weighted by molar-refractivity contribution is 6.03. The number of methoxy groups -OCH3 is 2. The van der Waals surface area contributed by atoms with E-state index in [1.165, 1.54) is 0 Å². The highest BCUT2D eigenvalue weighted by Gasteiger charge is 2.33. The van der Waals surface area contributed by atoms with Gasteiger partial charge < -0.3 is 29.6 Å². The average molecular weight is 273 g/mol. The molecule has 0 aromatic heterocycles. The summed E-state index contributed by atoms with van der Waals surface area (Å²) in [6.45, 7) is 0. The maximum atomic E-state index is 11.1. The number of phenols is 1. The van der Waals surface area contributed by atoms with Crippen LogP contribution in [0.1, 0.15) is 20.7 Å². The number of rotatable bonds is 5. The molecule has 0 amide bonds. The molecule has 0 radical (unpaired) electrons. The minimum atomic E-state index is -1.57. The summed E-state index contributed by atoms with van der Waals surface area (Å²) in [5, 5.41) is 27.8. The predicted octanol–water partition coefficient (Wildman–Crippen LogP) is 0.0583. The van der Waals surface area contributed by atoms with Gasteiger partial charge in [0.2, 0.25) is 5.75 Å². The molecular formula is C10H11NO8. The molecule has 0 atom stereocenters. The first kappa shape index (κ1) is 14.4. The van der Waals surface area contributed by atoms with E-state index in [1.807, 2.05) is 0 Å². The SMILES string of the molecule is COc1c(OC)c(C(=O)O)c(ON)c(O)c1C(=O)O.